The zero-order valence-corrected chi connectivity index (χ0v) is 27.2. The third-order valence-corrected chi connectivity index (χ3v) is 8.37. The van der Waals surface area contributed by atoms with Gasteiger partial charge in [0.2, 0.25) is 5.91 Å². The first kappa shape index (κ1) is 32.5. The minimum atomic E-state index is -0.553. The Bertz CT molecular complexity index is 1890. The number of carbonyl (C=O) groups is 3. The third kappa shape index (κ3) is 8.62. The van der Waals surface area contributed by atoms with Gasteiger partial charge in [0.15, 0.2) is 0 Å². The molecule has 0 radical (unpaired) electrons. The van der Waals surface area contributed by atoms with Crippen molar-refractivity contribution in [1.82, 2.24) is 5.32 Å². The van der Waals surface area contributed by atoms with Crippen molar-refractivity contribution in [3.05, 3.63) is 142 Å². The van der Waals surface area contributed by atoms with E-state index in [4.69, 9.17) is 4.42 Å². The first-order chi connectivity index (χ1) is 22.1. The molecule has 0 bridgehead atoms. The van der Waals surface area contributed by atoms with Crippen LogP contribution in [0.3, 0.4) is 0 Å². The van der Waals surface area contributed by atoms with Crippen LogP contribution in [0, 0.1) is 12.7 Å². The molecule has 1 heterocycles. The van der Waals surface area contributed by atoms with Gasteiger partial charge in [0.1, 0.15) is 23.0 Å². The van der Waals surface area contributed by atoms with E-state index < -0.39 is 22.9 Å². The van der Waals surface area contributed by atoms with Crippen molar-refractivity contribution in [2.75, 3.05) is 10.6 Å². The van der Waals surface area contributed by atoms with E-state index in [1.807, 2.05) is 31.2 Å². The average molecular weight is 699 g/mol. The van der Waals surface area contributed by atoms with Crippen LogP contribution in [0.15, 0.2) is 129 Å². The van der Waals surface area contributed by atoms with Crippen molar-refractivity contribution in [3.63, 3.8) is 0 Å². The molecule has 5 aromatic rings. The van der Waals surface area contributed by atoms with E-state index in [9.17, 15) is 18.8 Å². The second kappa shape index (κ2) is 14.9. The Morgan fingerprint density at radius 1 is 0.870 bits per heavy atom. The molecule has 0 fully saturated rings. The molecule has 3 N–H and O–H groups in total. The molecule has 0 aliphatic heterocycles. The number of benzene rings is 4. The standard InChI is InChI=1S/C36H29BrFN3O4S/c1-22-8-10-24(11-9-22)33-19-15-28(45-33)21-32(41-35(43)25-6-4-3-5-7-25)36(44)39-27-13-16-29(17-14-27)46-23(2)34(42)40-31-18-12-26(37)20-30(31)38/h3-21,23H,1-2H3,(H,39,44)(H,40,42)(H,41,43)/b32-21-. The lowest BCUT2D eigenvalue weighted by molar-refractivity contribution is -0.115. The Hall–Kier alpha value is -4.93. The number of anilines is 2. The lowest BCUT2D eigenvalue weighted by Crippen LogP contribution is -2.30. The van der Waals surface area contributed by atoms with Crippen molar-refractivity contribution in [1.29, 1.82) is 0 Å². The quantitative estimate of drug-likeness (QED) is 0.100. The van der Waals surface area contributed by atoms with Crippen molar-refractivity contribution in [2.45, 2.75) is 24.0 Å². The molecule has 0 aliphatic carbocycles. The average Bonchev–Trinajstić information content (AvgIpc) is 3.52. The summed E-state index contributed by atoms with van der Waals surface area (Å²) in [6.45, 7) is 3.72. The fourth-order valence-electron chi connectivity index (χ4n) is 4.29. The van der Waals surface area contributed by atoms with Crippen LogP contribution in [0.1, 0.15) is 28.6 Å². The minimum Gasteiger partial charge on any atom is -0.457 e. The highest BCUT2D eigenvalue weighted by atomic mass is 79.9. The van der Waals surface area contributed by atoms with Gasteiger partial charge < -0.3 is 20.4 Å². The first-order valence-electron chi connectivity index (χ1n) is 14.2. The van der Waals surface area contributed by atoms with Crippen LogP contribution in [-0.4, -0.2) is 23.0 Å². The second-order valence-corrected chi connectivity index (χ2v) is 12.6. The summed E-state index contributed by atoms with van der Waals surface area (Å²) < 4.78 is 20.7. The summed E-state index contributed by atoms with van der Waals surface area (Å²) in [5, 5.41) is 7.60. The van der Waals surface area contributed by atoms with Crippen LogP contribution in [-0.2, 0) is 9.59 Å². The number of rotatable bonds is 10. The summed E-state index contributed by atoms with van der Waals surface area (Å²) >= 11 is 4.49. The zero-order valence-electron chi connectivity index (χ0n) is 24.8. The maximum absolute atomic E-state index is 14.2. The molecule has 0 aliphatic rings. The largest absolute Gasteiger partial charge is 0.457 e. The topological polar surface area (TPSA) is 100 Å². The van der Waals surface area contributed by atoms with Crippen LogP contribution in [0.5, 0.6) is 0 Å². The molecule has 0 saturated heterocycles. The molecule has 4 aromatic carbocycles. The van der Waals surface area contributed by atoms with Crippen molar-refractivity contribution >= 4 is 62.9 Å². The highest BCUT2D eigenvalue weighted by molar-refractivity contribution is 9.10. The number of hydrogen-bond acceptors (Lipinski definition) is 5. The Morgan fingerprint density at radius 2 is 1.59 bits per heavy atom. The van der Waals surface area contributed by atoms with Gasteiger partial charge in [-0.25, -0.2) is 4.39 Å². The van der Waals surface area contributed by atoms with Crippen LogP contribution < -0.4 is 16.0 Å². The predicted octanol–water partition coefficient (Wildman–Crippen LogP) is 8.69. The number of furan rings is 1. The minimum absolute atomic E-state index is 0.0115. The van der Waals surface area contributed by atoms with Crippen molar-refractivity contribution in [3.8, 4) is 11.3 Å². The fraction of sp³-hybridized carbons (Fsp3) is 0.0833. The van der Waals surface area contributed by atoms with Gasteiger partial charge in [-0.3, -0.25) is 14.4 Å². The number of thioether (sulfide) groups is 1. The van der Waals surface area contributed by atoms with Gasteiger partial charge in [-0.05, 0) is 80.6 Å². The molecule has 3 amide bonds. The van der Waals surface area contributed by atoms with Crippen LogP contribution in [0.2, 0.25) is 0 Å². The van der Waals surface area contributed by atoms with Gasteiger partial charge >= 0.3 is 0 Å². The van der Waals surface area contributed by atoms with Gasteiger partial charge in [0.05, 0.1) is 10.9 Å². The summed E-state index contributed by atoms with van der Waals surface area (Å²) in [5.41, 5.74) is 2.96. The summed E-state index contributed by atoms with van der Waals surface area (Å²) in [4.78, 5) is 39.9. The molecule has 5 rings (SSSR count). The van der Waals surface area contributed by atoms with Crippen LogP contribution in [0.4, 0.5) is 15.8 Å². The van der Waals surface area contributed by atoms with Crippen molar-refractivity contribution in [2.24, 2.45) is 0 Å². The lowest BCUT2D eigenvalue weighted by atomic mass is 10.1. The normalized spacial score (nSPS) is 11.9. The second-order valence-electron chi connectivity index (χ2n) is 10.3. The van der Waals surface area contributed by atoms with E-state index in [0.717, 1.165) is 16.0 Å². The molecule has 1 unspecified atom stereocenters. The number of carbonyl (C=O) groups excluding carboxylic acids is 3. The molecular formula is C36H29BrFN3O4S. The Kier molecular flexibility index (Phi) is 10.5. The van der Waals surface area contributed by atoms with E-state index >= 15 is 0 Å². The van der Waals surface area contributed by atoms with Gasteiger partial charge in [0, 0.05) is 32.3 Å². The third-order valence-electron chi connectivity index (χ3n) is 6.76. The number of halogens is 2. The molecule has 1 aromatic heterocycles. The molecule has 1 atom stereocenters. The van der Waals surface area contributed by atoms with Gasteiger partial charge in [0.25, 0.3) is 11.8 Å². The predicted molar refractivity (Wildman–Crippen MR) is 184 cm³/mol. The number of hydrogen-bond donors (Lipinski definition) is 3. The number of amides is 3. The van der Waals surface area contributed by atoms with Gasteiger partial charge in [-0.2, -0.15) is 0 Å². The highest BCUT2D eigenvalue weighted by Gasteiger charge is 2.18. The zero-order chi connectivity index (χ0) is 32.6. The smallest absolute Gasteiger partial charge is 0.272 e. The molecule has 232 valence electrons. The van der Waals surface area contributed by atoms with Crippen molar-refractivity contribution < 1.29 is 23.2 Å². The molecule has 10 heteroatoms. The summed E-state index contributed by atoms with van der Waals surface area (Å²) in [6, 6.07) is 31.3. The van der Waals surface area contributed by atoms with E-state index in [1.165, 1.54) is 30.0 Å². The molecule has 0 saturated carbocycles. The lowest BCUT2D eigenvalue weighted by Gasteiger charge is -2.14. The van der Waals surface area contributed by atoms with Gasteiger partial charge in [-0.1, -0.05) is 64.0 Å². The monoisotopic (exact) mass is 697 g/mol. The number of nitrogens with one attached hydrogen (secondary N) is 3. The Balaban J connectivity index is 1.28. The Morgan fingerprint density at radius 3 is 2.28 bits per heavy atom. The van der Waals surface area contributed by atoms with E-state index in [0.29, 0.717) is 27.2 Å². The summed E-state index contributed by atoms with van der Waals surface area (Å²) in [7, 11) is 0. The first-order valence-corrected chi connectivity index (χ1v) is 15.9. The molecular weight excluding hydrogens is 669 g/mol. The molecule has 0 spiro atoms. The van der Waals surface area contributed by atoms with Crippen LogP contribution >= 0.6 is 27.7 Å². The van der Waals surface area contributed by atoms with E-state index in [1.54, 1.807) is 79.7 Å². The molecule has 7 nitrogen and oxygen atoms in total. The SMILES string of the molecule is Cc1ccc(-c2ccc(/C=C(\NC(=O)c3ccccc3)C(=O)Nc3ccc(SC(C)C(=O)Nc4ccc(Br)cc4F)cc3)o2)cc1. The fourth-order valence-corrected chi connectivity index (χ4v) is 5.49. The maximum Gasteiger partial charge on any atom is 0.272 e. The number of aryl methyl sites for hydroxylation is 1. The van der Waals surface area contributed by atoms with Crippen LogP contribution in [0.25, 0.3) is 17.4 Å². The molecule has 46 heavy (non-hydrogen) atoms. The Labute approximate surface area is 278 Å². The van der Waals surface area contributed by atoms with E-state index in [-0.39, 0.29) is 17.3 Å². The highest BCUT2D eigenvalue weighted by Crippen LogP contribution is 2.28. The van der Waals surface area contributed by atoms with Gasteiger partial charge in [-0.15, -0.1) is 11.8 Å². The summed E-state index contributed by atoms with van der Waals surface area (Å²) in [6.07, 6.45) is 1.48. The summed E-state index contributed by atoms with van der Waals surface area (Å²) in [5.74, 6) is -0.880. The van der Waals surface area contributed by atoms with E-state index in [2.05, 4.69) is 31.9 Å². The maximum atomic E-state index is 14.2.